The maximum absolute atomic E-state index is 13.2. The molecule has 0 radical (unpaired) electrons. The number of benzene rings is 2. The summed E-state index contributed by atoms with van der Waals surface area (Å²) in [6.07, 6.45) is -3.83. The molecule has 0 unspecified atom stereocenters. The van der Waals surface area contributed by atoms with Gasteiger partial charge in [0.2, 0.25) is 21.8 Å². The highest BCUT2D eigenvalue weighted by molar-refractivity contribution is 7.92. The number of rotatable bonds is 12. The van der Waals surface area contributed by atoms with E-state index in [0.29, 0.717) is 12.3 Å². The number of hydrogen-bond acceptors (Lipinski definition) is 5. The zero-order valence-corrected chi connectivity index (χ0v) is 22.0. The van der Waals surface area contributed by atoms with Gasteiger partial charge in [-0.25, -0.2) is 8.42 Å². The van der Waals surface area contributed by atoms with Crippen molar-refractivity contribution in [2.24, 2.45) is 0 Å². The number of likely N-dealkylation sites (N-methyl/N-ethyl adjacent to an activating group) is 1. The van der Waals surface area contributed by atoms with Crippen LogP contribution in [0, 0.1) is 0 Å². The van der Waals surface area contributed by atoms with E-state index < -0.39 is 33.7 Å². The molecule has 0 aliphatic carbocycles. The second-order valence-electron chi connectivity index (χ2n) is 8.43. The number of nitrogens with zero attached hydrogens (tertiary/aromatic N) is 2. The van der Waals surface area contributed by atoms with Gasteiger partial charge >= 0.3 is 6.18 Å². The molecule has 37 heavy (non-hydrogen) atoms. The lowest BCUT2D eigenvalue weighted by atomic mass is 10.1. The van der Waals surface area contributed by atoms with Crippen LogP contribution >= 0.6 is 0 Å². The molecule has 0 saturated heterocycles. The Labute approximate surface area is 215 Å². The molecule has 1 atom stereocenters. The van der Waals surface area contributed by atoms with Crippen LogP contribution in [0.2, 0.25) is 0 Å². The molecule has 0 heterocycles. The zero-order valence-electron chi connectivity index (χ0n) is 21.2. The van der Waals surface area contributed by atoms with E-state index in [1.807, 2.05) is 0 Å². The van der Waals surface area contributed by atoms with E-state index in [2.05, 4.69) is 5.32 Å². The Bertz CT molecular complexity index is 1170. The SMILES string of the molecule is CCNC(=O)[C@@H](C)N(Cc1ccc(OC)cc1)C(=O)CCCN(c1cccc(C(F)(F)F)c1)S(C)(=O)=O. The first kappa shape index (κ1) is 29.9. The van der Waals surface area contributed by atoms with Crippen molar-refractivity contribution in [1.82, 2.24) is 10.2 Å². The normalized spacial score (nSPS) is 12.5. The monoisotopic (exact) mass is 543 g/mol. The molecule has 0 spiro atoms. The fourth-order valence-electron chi connectivity index (χ4n) is 3.67. The van der Waals surface area contributed by atoms with Gasteiger partial charge in [0.25, 0.3) is 0 Å². The lowest BCUT2D eigenvalue weighted by Crippen LogP contribution is -2.47. The van der Waals surface area contributed by atoms with Gasteiger partial charge in [-0.2, -0.15) is 13.2 Å². The third-order valence-electron chi connectivity index (χ3n) is 5.64. The highest BCUT2D eigenvalue weighted by Crippen LogP contribution is 2.32. The molecule has 0 aliphatic heterocycles. The van der Waals surface area contributed by atoms with E-state index in [-0.39, 0.29) is 37.5 Å². The number of alkyl halides is 3. The van der Waals surface area contributed by atoms with Crippen LogP contribution in [0.15, 0.2) is 48.5 Å². The minimum absolute atomic E-state index is 0.0311. The largest absolute Gasteiger partial charge is 0.497 e. The Kier molecular flexibility index (Phi) is 10.4. The summed E-state index contributed by atoms with van der Waals surface area (Å²) in [4.78, 5) is 27.1. The van der Waals surface area contributed by atoms with Crippen LogP contribution in [0.25, 0.3) is 0 Å². The van der Waals surface area contributed by atoms with Crippen molar-refractivity contribution in [3.63, 3.8) is 0 Å². The molecule has 0 aromatic heterocycles. The maximum Gasteiger partial charge on any atom is 0.416 e. The summed E-state index contributed by atoms with van der Waals surface area (Å²) in [5.41, 5.74) is -0.362. The summed E-state index contributed by atoms with van der Waals surface area (Å²) in [5, 5.41) is 2.69. The van der Waals surface area contributed by atoms with Gasteiger partial charge in [-0.05, 0) is 56.2 Å². The smallest absolute Gasteiger partial charge is 0.416 e. The van der Waals surface area contributed by atoms with E-state index in [9.17, 15) is 31.2 Å². The molecule has 2 aromatic carbocycles. The number of methoxy groups -OCH3 is 1. The van der Waals surface area contributed by atoms with E-state index in [4.69, 9.17) is 4.74 Å². The third kappa shape index (κ3) is 8.66. The number of carbonyl (C=O) groups is 2. The number of carbonyl (C=O) groups excluding carboxylic acids is 2. The quantitative estimate of drug-likeness (QED) is 0.439. The first-order valence-electron chi connectivity index (χ1n) is 11.6. The lowest BCUT2D eigenvalue weighted by Gasteiger charge is -2.29. The van der Waals surface area contributed by atoms with Crippen LogP contribution in [-0.4, -0.2) is 57.6 Å². The van der Waals surface area contributed by atoms with Crippen molar-refractivity contribution in [3.05, 3.63) is 59.7 Å². The van der Waals surface area contributed by atoms with E-state index in [1.165, 1.54) is 18.1 Å². The summed E-state index contributed by atoms with van der Waals surface area (Å²) in [6.45, 7) is 3.65. The number of nitrogens with one attached hydrogen (secondary N) is 1. The first-order chi connectivity index (χ1) is 17.3. The molecule has 204 valence electrons. The topological polar surface area (TPSA) is 96.0 Å². The lowest BCUT2D eigenvalue weighted by molar-refractivity contribution is -0.140. The molecule has 1 N–H and O–H groups in total. The minimum atomic E-state index is -4.63. The third-order valence-corrected chi connectivity index (χ3v) is 6.84. The standard InChI is InChI=1S/C25H32F3N3O5S/c1-5-29-24(33)18(2)30(17-19-11-13-22(36-3)14-12-19)23(32)10-7-15-31(37(4,34)35)21-9-6-8-20(16-21)25(26,27)28/h6,8-9,11-14,16,18H,5,7,10,15,17H2,1-4H3,(H,29,33)/t18-/m1/s1. The number of amides is 2. The summed E-state index contributed by atoms with van der Waals surface area (Å²) in [6, 6.07) is 10.2. The molecule has 2 rings (SSSR count). The molecular weight excluding hydrogens is 511 g/mol. The predicted molar refractivity (Wildman–Crippen MR) is 135 cm³/mol. The first-order valence-corrected chi connectivity index (χ1v) is 13.5. The summed E-state index contributed by atoms with van der Waals surface area (Å²) >= 11 is 0. The van der Waals surface area contributed by atoms with Crippen molar-refractivity contribution in [1.29, 1.82) is 0 Å². The Morgan fingerprint density at radius 2 is 1.76 bits per heavy atom. The Morgan fingerprint density at radius 3 is 2.30 bits per heavy atom. The van der Waals surface area contributed by atoms with E-state index in [1.54, 1.807) is 38.1 Å². The molecule has 0 fully saturated rings. The van der Waals surface area contributed by atoms with Gasteiger partial charge in [-0.1, -0.05) is 18.2 Å². The fourth-order valence-corrected chi connectivity index (χ4v) is 4.63. The Hall–Kier alpha value is -3.28. The van der Waals surface area contributed by atoms with Crippen molar-refractivity contribution < 1.29 is 35.9 Å². The molecular formula is C25H32F3N3O5S. The van der Waals surface area contributed by atoms with Crippen molar-refractivity contribution in [3.8, 4) is 5.75 Å². The molecule has 0 saturated carbocycles. The maximum atomic E-state index is 13.2. The van der Waals surface area contributed by atoms with Gasteiger partial charge in [0.05, 0.1) is 24.6 Å². The molecule has 8 nitrogen and oxygen atoms in total. The molecule has 0 bridgehead atoms. The number of halogens is 3. The number of ether oxygens (including phenoxy) is 1. The highest BCUT2D eigenvalue weighted by atomic mass is 32.2. The zero-order chi connectivity index (χ0) is 27.8. The minimum Gasteiger partial charge on any atom is -0.497 e. The van der Waals surface area contributed by atoms with Gasteiger partial charge in [0, 0.05) is 26.1 Å². The molecule has 0 aliphatic rings. The van der Waals surface area contributed by atoms with Crippen LogP contribution in [0.3, 0.4) is 0 Å². The van der Waals surface area contributed by atoms with Crippen LogP contribution in [0.4, 0.5) is 18.9 Å². The van der Waals surface area contributed by atoms with Gasteiger partial charge < -0.3 is 15.0 Å². The summed E-state index contributed by atoms with van der Waals surface area (Å²) in [5.74, 6) is -0.105. The Morgan fingerprint density at radius 1 is 1.11 bits per heavy atom. The van der Waals surface area contributed by atoms with Crippen LogP contribution in [0.5, 0.6) is 5.75 Å². The fraction of sp³-hybridized carbons (Fsp3) is 0.440. The second kappa shape index (κ2) is 12.8. The van der Waals surface area contributed by atoms with Crippen LogP contribution < -0.4 is 14.4 Å². The van der Waals surface area contributed by atoms with Gasteiger partial charge in [0.1, 0.15) is 11.8 Å². The van der Waals surface area contributed by atoms with Gasteiger partial charge in [-0.3, -0.25) is 13.9 Å². The second-order valence-corrected chi connectivity index (χ2v) is 10.3. The van der Waals surface area contributed by atoms with Crippen molar-refractivity contribution >= 4 is 27.5 Å². The van der Waals surface area contributed by atoms with Gasteiger partial charge in [0.15, 0.2) is 0 Å². The summed E-state index contributed by atoms with van der Waals surface area (Å²) in [7, 11) is -2.40. The Balaban J connectivity index is 2.20. The highest BCUT2D eigenvalue weighted by Gasteiger charge is 2.32. The number of sulfonamides is 1. The number of hydrogen-bond donors (Lipinski definition) is 1. The van der Waals surface area contributed by atoms with Crippen LogP contribution in [-0.2, 0) is 32.3 Å². The average molecular weight is 544 g/mol. The van der Waals surface area contributed by atoms with E-state index >= 15 is 0 Å². The van der Waals surface area contributed by atoms with Crippen molar-refractivity contribution in [2.75, 3.05) is 30.8 Å². The average Bonchev–Trinajstić information content (AvgIpc) is 2.84. The summed E-state index contributed by atoms with van der Waals surface area (Å²) < 4.78 is 70.1. The van der Waals surface area contributed by atoms with Crippen molar-refractivity contribution in [2.45, 2.75) is 45.5 Å². The molecule has 12 heteroatoms. The molecule has 2 amide bonds. The van der Waals surface area contributed by atoms with Crippen LogP contribution in [0.1, 0.15) is 37.8 Å². The van der Waals surface area contributed by atoms with Gasteiger partial charge in [-0.15, -0.1) is 0 Å². The number of anilines is 1. The molecule has 2 aromatic rings. The predicted octanol–water partition coefficient (Wildman–Crippen LogP) is 3.81. The van der Waals surface area contributed by atoms with E-state index in [0.717, 1.165) is 34.3 Å².